The summed E-state index contributed by atoms with van der Waals surface area (Å²) in [7, 11) is 2.96. The number of carbonyl (C=O) groups is 2. The third-order valence-corrected chi connectivity index (χ3v) is 4.80. The molecular formula is C23H18Cl2N2O5. The summed E-state index contributed by atoms with van der Waals surface area (Å²) >= 11 is 11.9. The molecule has 1 N–H and O–H groups in total. The van der Waals surface area contributed by atoms with Crippen LogP contribution >= 0.6 is 23.2 Å². The van der Waals surface area contributed by atoms with E-state index in [4.69, 9.17) is 37.4 Å². The largest absolute Gasteiger partial charge is 0.497 e. The van der Waals surface area contributed by atoms with Gasteiger partial charge in [-0.15, -0.1) is 0 Å². The van der Waals surface area contributed by atoms with Crippen molar-refractivity contribution in [2.24, 2.45) is 5.10 Å². The first-order valence-corrected chi connectivity index (χ1v) is 9.99. The maximum Gasteiger partial charge on any atom is 0.345 e. The van der Waals surface area contributed by atoms with Crippen molar-refractivity contribution in [2.45, 2.75) is 0 Å². The molecule has 164 valence electrons. The fraction of sp³-hybridized carbons (Fsp3) is 0.0870. The minimum Gasteiger partial charge on any atom is -0.497 e. The summed E-state index contributed by atoms with van der Waals surface area (Å²) in [5.41, 5.74) is 3.62. The third kappa shape index (κ3) is 5.78. The van der Waals surface area contributed by atoms with Crippen LogP contribution in [0.25, 0.3) is 0 Å². The first-order valence-electron chi connectivity index (χ1n) is 9.24. The molecule has 3 aromatic carbocycles. The van der Waals surface area contributed by atoms with E-state index >= 15 is 0 Å². The highest BCUT2D eigenvalue weighted by Gasteiger charge is 2.16. The van der Waals surface area contributed by atoms with E-state index in [-0.39, 0.29) is 16.3 Å². The number of nitrogens with one attached hydrogen (secondary N) is 1. The van der Waals surface area contributed by atoms with Gasteiger partial charge in [0.1, 0.15) is 5.75 Å². The van der Waals surface area contributed by atoms with Crippen LogP contribution in [0.5, 0.6) is 17.2 Å². The van der Waals surface area contributed by atoms with Crippen molar-refractivity contribution in [2.75, 3.05) is 14.2 Å². The lowest BCUT2D eigenvalue weighted by Crippen LogP contribution is -2.17. The number of amides is 1. The van der Waals surface area contributed by atoms with Gasteiger partial charge in [-0.05, 0) is 60.2 Å². The molecule has 0 aromatic heterocycles. The second-order valence-electron chi connectivity index (χ2n) is 6.36. The fourth-order valence-corrected chi connectivity index (χ4v) is 3.14. The summed E-state index contributed by atoms with van der Waals surface area (Å²) in [5.74, 6) is 0.0124. The molecule has 0 atom stereocenters. The summed E-state index contributed by atoms with van der Waals surface area (Å²) in [6.45, 7) is 0. The highest BCUT2D eigenvalue weighted by molar-refractivity contribution is 6.36. The molecular weight excluding hydrogens is 455 g/mol. The van der Waals surface area contributed by atoms with E-state index in [9.17, 15) is 9.59 Å². The topological polar surface area (TPSA) is 86.2 Å². The summed E-state index contributed by atoms with van der Waals surface area (Å²) in [6.07, 6.45) is 1.43. The number of hydrogen-bond donors (Lipinski definition) is 1. The number of ether oxygens (including phenoxy) is 3. The van der Waals surface area contributed by atoms with Crippen LogP contribution in [0.3, 0.4) is 0 Å². The summed E-state index contributed by atoms with van der Waals surface area (Å²) < 4.78 is 15.8. The number of carbonyl (C=O) groups excluding carboxylic acids is 2. The first kappa shape index (κ1) is 23.1. The molecule has 0 unspecified atom stereocenters. The second-order valence-corrected chi connectivity index (χ2v) is 7.20. The average Bonchev–Trinajstić information content (AvgIpc) is 2.79. The molecule has 0 aliphatic rings. The Labute approximate surface area is 194 Å². The summed E-state index contributed by atoms with van der Waals surface area (Å²) in [5, 5.41) is 4.53. The van der Waals surface area contributed by atoms with Crippen LogP contribution in [0.15, 0.2) is 65.8 Å². The molecule has 0 radical (unpaired) electrons. The van der Waals surface area contributed by atoms with Gasteiger partial charge < -0.3 is 14.2 Å². The molecule has 0 saturated heterocycles. The van der Waals surface area contributed by atoms with Gasteiger partial charge in [0.2, 0.25) is 0 Å². The molecule has 1 amide bonds. The van der Waals surface area contributed by atoms with Crippen molar-refractivity contribution in [3.63, 3.8) is 0 Å². The summed E-state index contributed by atoms with van der Waals surface area (Å²) in [4.78, 5) is 24.6. The van der Waals surface area contributed by atoms with Crippen LogP contribution in [0.4, 0.5) is 0 Å². The van der Waals surface area contributed by atoms with Gasteiger partial charge in [-0.25, -0.2) is 10.2 Å². The maximum atomic E-state index is 12.4. The van der Waals surface area contributed by atoms with Gasteiger partial charge in [-0.3, -0.25) is 4.79 Å². The maximum absolute atomic E-state index is 12.4. The lowest BCUT2D eigenvalue weighted by Gasteiger charge is -2.10. The molecule has 3 rings (SSSR count). The van der Waals surface area contributed by atoms with Crippen molar-refractivity contribution in [3.8, 4) is 17.2 Å². The van der Waals surface area contributed by atoms with Gasteiger partial charge in [-0.1, -0.05) is 29.3 Å². The van der Waals surface area contributed by atoms with Crippen molar-refractivity contribution >= 4 is 41.3 Å². The van der Waals surface area contributed by atoms with Gasteiger partial charge in [-0.2, -0.15) is 5.10 Å². The van der Waals surface area contributed by atoms with E-state index in [1.807, 2.05) is 0 Å². The van der Waals surface area contributed by atoms with E-state index in [1.165, 1.54) is 32.6 Å². The number of benzene rings is 3. The standard InChI is InChI=1S/C23H18Cl2N2O5/c1-30-17-5-3-4-15(11-17)22(28)27-26-13-14-6-9-20(21(10-14)31-2)32-23(29)18-8-7-16(24)12-19(18)25/h3-13H,1-2H3,(H,27,28)/b26-13+. The SMILES string of the molecule is COc1cccc(C(=O)N/N=C/c2ccc(OC(=O)c3ccc(Cl)cc3Cl)c(OC)c2)c1. The normalized spacial score (nSPS) is 10.6. The number of nitrogens with zero attached hydrogens (tertiary/aromatic N) is 1. The van der Waals surface area contributed by atoms with E-state index in [2.05, 4.69) is 10.5 Å². The third-order valence-electron chi connectivity index (χ3n) is 4.25. The van der Waals surface area contributed by atoms with Crippen molar-refractivity contribution in [1.82, 2.24) is 5.43 Å². The predicted octanol–water partition coefficient (Wildman–Crippen LogP) is 4.99. The summed E-state index contributed by atoms with van der Waals surface area (Å²) in [6, 6.07) is 16.0. The number of halogens is 2. The molecule has 0 fully saturated rings. The lowest BCUT2D eigenvalue weighted by molar-refractivity contribution is 0.0729. The molecule has 9 heteroatoms. The van der Waals surface area contributed by atoms with Crippen LogP contribution in [0.1, 0.15) is 26.3 Å². The zero-order chi connectivity index (χ0) is 23.1. The molecule has 0 saturated carbocycles. The van der Waals surface area contributed by atoms with Crippen LogP contribution in [0, 0.1) is 0 Å². The molecule has 0 heterocycles. The minimum atomic E-state index is -0.656. The fourth-order valence-electron chi connectivity index (χ4n) is 2.65. The lowest BCUT2D eigenvalue weighted by atomic mass is 10.2. The molecule has 0 aliphatic carbocycles. The Morgan fingerprint density at radius 1 is 0.938 bits per heavy atom. The van der Waals surface area contributed by atoms with E-state index in [1.54, 1.807) is 48.5 Å². The Hall–Kier alpha value is -3.55. The monoisotopic (exact) mass is 472 g/mol. The quantitative estimate of drug-likeness (QED) is 0.226. The predicted molar refractivity (Wildman–Crippen MR) is 122 cm³/mol. The van der Waals surface area contributed by atoms with Crippen molar-refractivity contribution < 1.29 is 23.8 Å². The Morgan fingerprint density at radius 2 is 1.75 bits per heavy atom. The van der Waals surface area contributed by atoms with Crippen LogP contribution in [0.2, 0.25) is 10.0 Å². The van der Waals surface area contributed by atoms with Crippen LogP contribution in [-0.2, 0) is 0 Å². The molecule has 0 bridgehead atoms. The zero-order valence-corrected chi connectivity index (χ0v) is 18.6. The Kier molecular flexibility index (Phi) is 7.70. The van der Waals surface area contributed by atoms with E-state index in [0.29, 0.717) is 27.6 Å². The van der Waals surface area contributed by atoms with Gasteiger partial charge in [0.15, 0.2) is 11.5 Å². The van der Waals surface area contributed by atoms with Gasteiger partial charge >= 0.3 is 5.97 Å². The number of hydrogen-bond acceptors (Lipinski definition) is 6. The van der Waals surface area contributed by atoms with Crippen molar-refractivity contribution in [3.05, 3.63) is 87.4 Å². The van der Waals surface area contributed by atoms with Gasteiger partial charge in [0, 0.05) is 10.6 Å². The molecule has 32 heavy (non-hydrogen) atoms. The number of rotatable bonds is 7. The molecule has 0 aliphatic heterocycles. The number of hydrazone groups is 1. The Bertz CT molecular complexity index is 1180. The first-order chi connectivity index (χ1) is 15.4. The van der Waals surface area contributed by atoms with E-state index < -0.39 is 11.9 Å². The minimum absolute atomic E-state index is 0.170. The van der Waals surface area contributed by atoms with Gasteiger partial charge in [0.05, 0.1) is 31.0 Å². The second kappa shape index (κ2) is 10.7. The van der Waals surface area contributed by atoms with Gasteiger partial charge in [0.25, 0.3) is 5.91 Å². The Balaban J connectivity index is 1.69. The smallest absolute Gasteiger partial charge is 0.345 e. The molecule has 7 nitrogen and oxygen atoms in total. The van der Waals surface area contributed by atoms with E-state index in [0.717, 1.165) is 0 Å². The number of methoxy groups -OCH3 is 2. The molecule has 3 aromatic rings. The van der Waals surface area contributed by atoms with Crippen LogP contribution < -0.4 is 19.6 Å². The molecule has 0 spiro atoms. The highest BCUT2D eigenvalue weighted by atomic mass is 35.5. The van der Waals surface area contributed by atoms with Crippen molar-refractivity contribution in [1.29, 1.82) is 0 Å². The number of esters is 1. The zero-order valence-electron chi connectivity index (χ0n) is 17.1. The van der Waals surface area contributed by atoms with Crippen LogP contribution in [-0.4, -0.2) is 32.3 Å². The Morgan fingerprint density at radius 3 is 2.47 bits per heavy atom. The average molecular weight is 473 g/mol. The highest BCUT2D eigenvalue weighted by Crippen LogP contribution is 2.30.